The largest absolute Gasteiger partial charge is 0.330 e. The average Bonchev–Trinajstić information content (AvgIpc) is 2.99. The van der Waals surface area contributed by atoms with E-state index in [0.29, 0.717) is 34.0 Å². The second kappa shape index (κ2) is 8.53. The summed E-state index contributed by atoms with van der Waals surface area (Å²) < 4.78 is 3.39. The molecular weight excluding hydrogens is 386 g/mol. The lowest BCUT2D eigenvalue weighted by Crippen LogP contribution is -2.28. The van der Waals surface area contributed by atoms with Crippen molar-refractivity contribution in [2.75, 3.05) is 11.6 Å². The third kappa shape index (κ3) is 4.35. The molecular formula is C21H23N5O2S. The van der Waals surface area contributed by atoms with E-state index in [1.165, 1.54) is 11.8 Å². The molecule has 0 fully saturated rings. The molecule has 0 spiro atoms. The minimum absolute atomic E-state index is 0.0106. The fraction of sp³-hybridized carbons (Fsp3) is 0.333. The summed E-state index contributed by atoms with van der Waals surface area (Å²) in [7, 11) is 0. The van der Waals surface area contributed by atoms with Crippen LogP contribution < -0.4 is 10.9 Å². The molecule has 0 atom stereocenters. The predicted molar refractivity (Wildman–Crippen MR) is 115 cm³/mol. The van der Waals surface area contributed by atoms with E-state index in [9.17, 15) is 9.59 Å². The first kappa shape index (κ1) is 20.7. The molecule has 0 aliphatic carbocycles. The molecule has 29 heavy (non-hydrogen) atoms. The highest BCUT2D eigenvalue weighted by molar-refractivity contribution is 7.98. The number of nitriles is 1. The van der Waals surface area contributed by atoms with Crippen LogP contribution >= 0.6 is 11.8 Å². The van der Waals surface area contributed by atoms with Crippen LogP contribution in [0.15, 0.2) is 40.3 Å². The van der Waals surface area contributed by atoms with Gasteiger partial charge in [0.15, 0.2) is 5.16 Å². The zero-order chi connectivity index (χ0) is 21.1. The van der Waals surface area contributed by atoms with E-state index in [1.807, 2.05) is 39.2 Å². The monoisotopic (exact) mass is 409 g/mol. The molecule has 0 saturated heterocycles. The van der Waals surface area contributed by atoms with Crippen molar-refractivity contribution in [1.82, 2.24) is 14.1 Å². The number of anilines is 1. The van der Waals surface area contributed by atoms with Crippen molar-refractivity contribution >= 4 is 34.4 Å². The number of benzene rings is 1. The van der Waals surface area contributed by atoms with Crippen LogP contribution in [0.3, 0.4) is 0 Å². The zero-order valence-corrected chi connectivity index (χ0v) is 17.7. The van der Waals surface area contributed by atoms with Crippen molar-refractivity contribution in [1.29, 1.82) is 5.26 Å². The fourth-order valence-corrected chi connectivity index (χ4v) is 3.81. The summed E-state index contributed by atoms with van der Waals surface area (Å²) in [6.45, 7) is 6.51. The number of carbonyl (C=O) groups excluding carboxylic acids is 1. The van der Waals surface area contributed by atoms with E-state index in [1.54, 1.807) is 33.4 Å². The number of rotatable bonds is 6. The molecule has 2 aromatic heterocycles. The maximum Gasteiger partial charge on any atom is 0.278 e. The number of hydrogen-bond donors (Lipinski definition) is 1. The molecule has 8 heteroatoms. The van der Waals surface area contributed by atoms with Crippen molar-refractivity contribution in [3.63, 3.8) is 0 Å². The smallest absolute Gasteiger partial charge is 0.278 e. The van der Waals surface area contributed by atoms with Crippen LogP contribution in [0.1, 0.15) is 25.1 Å². The van der Waals surface area contributed by atoms with Gasteiger partial charge in [0.25, 0.3) is 5.56 Å². The summed E-state index contributed by atoms with van der Waals surface area (Å²) in [5.74, 6) is 0.0162. The number of fused-ring (bicyclic) bond motifs is 1. The second-order valence-electron chi connectivity index (χ2n) is 7.25. The molecule has 0 saturated carbocycles. The Labute approximate surface area is 173 Å². The first-order chi connectivity index (χ1) is 13.8. The lowest BCUT2D eigenvalue weighted by atomic mass is 10.2. The Morgan fingerprint density at radius 1 is 1.31 bits per heavy atom. The Bertz CT molecular complexity index is 1170. The molecule has 3 rings (SSSR count). The second-order valence-corrected chi connectivity index (χ2v) is 8.03. The number of thioether (sulfide) groups is 1. The van der Waals surface area contributed by atoms with Gasteiger partial charge in [-0.05, 0) is 43.4 Å². The molecule has 0 radical (unpaired) electrons. The molecule has 0 bridgehead atoms. The Kier molecular flexibility index (Phi) is 6.09. The van der Waals surface area contributed by atoms with Crippen LogP contribution in [0.25, 0.3) is 11.0 Å². The zero-order valence-electron chi connectivity index (χ0n) is 16.9. The SMILES string of the molecule is CSc1nc2cc(C)n(CC(=O)Nc3cccc(C#N)c3)c2c(=O)n1CC(C)C. The third-order valence-electron chi connectivity index (χ3n) is 4.49. The predicted octanol–water partition coefficient (Wildman–Crippen LogP) is 3.39. The Morgan fingerprint density at radius 2 is 2.07 bits per heavy atom. The van der Waals surface area contributed by atoms with Gasteiger partial charge in [0.2, 0.25) is 5.91 Å². The molecule has 7 nitrogen and oxygen atoms in total. The number of aromatic nitrogens is 3. The van der Waals surface area contributed by atoms with Crippen LogP contribution in [-0.2, 0) is 17.9 Å². The number of amides is 1. The maximum atomic E-state index is 13.2. The van der Waals surface area contributed by atoms with Gasteiger partial charge in [-0.1, -0.05) is 31.7 Å². The minimum atomic E-state index is -0.274. The summed E-state index contributed by atoms with van der Waals surface area (Å²) in [5.41, 5.74) is 2.69. The van der Waals surface area contributed by atoms with Gasteiger partial charge < -0.3 is 9.88 Å². The molecule has 1 amide bonds. The van der Waals surface area contributed by atoms with Crippen LogP contribution in [0, 0.1) is 24.2 Å². The average molecular weight is 410 g/mol. The van der Waals surface area contributed by atoms with Crippen molar-refractivity contribution < 1.29 is 4.79 Å². The highest BCUT2D eigenvalue weighted by Gasteiger charge is 2.18. The minimum Gasteiger partial charge on any atom is -0.330 e. The highest BCUT2D eigenvalue weighted by Crippen LogP contribution is 2.20. The van der Waals surface area contributed by atoms with Crippen molar-refractivity contribution in [2.45, 2.75) is 39.0 Å². The summed E-state index contributed by atoms with van der Waals surface area (Å²) in [5, 5.41) is 12.5. The number of hydrogen-bond acceptors (Lipinski definition) is 5. The molecule has 0 aliphatic rings. The van der Waals surface area contributed by atoms with Gasteiger partial charge in [-0.15, -0.1) is 0 Å². The van der Waals surface area contributed by atoms with Gasteiger partial charge in [-0.2, -0.15) is 5.26 Å². The van der Waals surface area contributed by atoms with E-state index in [4.69, 9.17) is 5.26 Å². The molecule has 2 heterocycles. The molecule has 1 aromatic carbocycles. The van der Waals surface area contributed by atoms with E-state index in [0.717, 1.165) is 5.69 Å². The van der Waals surface area contributed by atoms with Gasteiger partial charge in [-0.25, -0.2) is 4.98 Å². The molecule has 0 aliphatic heterocycles. The van der Waals surface area contributed by atoms with Crippen molar-refractivity contribution in [2.24, 2.45) is 5.92 Å². The number of nitrogens with zero attached hydrogens (tertiary/aromatic N) is 4. The van der Waals surface area contributed by atoms with Crippen LogP contribution in [0.4, 0.5) is 5.69 Å². The van der Waals surface area contributed by atoms with Gasteiger partial charge in [0, 0.05) is 17.9 Å². The quantitative estimate of drug-likeness (QED) is 0.498. The van der Waals surface area contributed by atoms with Crippen LogP contribution in [0.5, 0.6) is 0 Å². The number of carbonyl (C=O) groups is 1. The normalized spacial score (nSPS) is 11.0. The van der Waals surface area contributed by atoms with E-state index < -0.39 is 0 Å². The standard InChI is InChI=1S/C21H23N5O2S/c1-13(2)11-26-20(28)19-17(24-21(26)29-4)8-14(3)25(19)12-18(27)23-16-7-5-6-15(9-16)10-22/h5-9,13H,11-12H2,1-4H3,(H,23,27). The topological polar surface area (TPSA) is 92.7 Å². The summed E-state index contributed by atoms with van der Waals surface area (Å²) in [6, 6.07) is 10.6. The number of nitrogens with one attached hydrogen (secondary N) is 1. The highest BCUT2D eigenvalue weighted by atomic mass is 32.2. The van der Waals surface area contributed by atoms with Crippen LogP contribution in [0.2, 0.25) is 0 Å². The summed E-state index contributed by atoms with van der Waals surface area (Å²) in [4.78, 5) is 30.5. The first-order valence-electron chi connectivity index (χ1n) is 9.28. The Balaban J connectivity index is 1.98. The molecule has 150 valence electrons. The van der Waals surface area contributed by atoms with Gasteiger partial charge in [-0.3, -0.25) is 14.2 Å². The van der Waals surface area contributed by atoms with Crippen LogP contribution in [-0.4, -0.2) is 26.3 Å². The maximum absolute atomic E-state index is 13.2. The van der Waals surface area contributed by atoms with Gasteiger partial charge >= 0.3 is 0 Å². The van der Waals surface area contributed by atoms with Gasteiger partial charge in [0.05, 0.1) is 17.1 Å². The summed E-state index contributed by atoms with van der Waals surface area (Å²) in [6.07, 6.45) is 1.90. The van der Waals surface area contributed by atoms with E-state index in [2.05, 4.69) is 10.3 Å². The fourth-order valence-electron chi connectivity index (χ4n) is 3.24. The molecule has 3 aromatic rings. The lowest BCUT2D eigenvalue weighted by molar-refractivity contribution is -0.116. The molecule has 0 unspecified atom stereocenters. The van der Waals surface area contributed by atoms with E-state index >= 15 is 0 Å². The van der Waals surface area contributed by atoms with Crippen molar-refractivity contribution in [3.8, 4) is 6.07 Å². The lowest BCUT2D eigenvalue weighted by Gasteiger charge is -2.14. The Morgan fingerprint density at radius 3 is 2.72 bits per heavy atom. The third-order valence-corrected chi connectivity index (χ3v) is 5.16. The summed E-state index contributed by atoms with van der Waals surface area (Å²) >= 11 is 1.44. The van der Waals surface area contributed by atoms with Gasteiger partial charge in [0.1, 0.15) is 12.1 Å². The molecule has 1 N–H and O–H groups in total. The Hall–Kier alpha value is -3.05. The number of aryl methyl sites for hydroxylation is 1. The van der Waals surface area contributed by atoms with E-state index in [-0.39, 0.29) is 23.9 Å². The first-order valence-corrected chi connectivity index (χ1v) is 10.5. The van der Waals surface area contributed by atoms with Crippen molar-refractivity contribution in [3.05, 3.63) is 51.9 Å².